The van der Waals surface area contributed by atoms with Crippen molar-refractivity contribution in [3.63, 3.8) is 0 Å². The largest absolute Gasteiger partial charge is 0.468 e. The lowest BCUT2D eigenvalue weighted by Gasteiger charge is -2.13. The van der Waals surface area contributed by atoms with E-state index in [-0.39, 0.29) is 23.0 Å². The summed E-state index contributed by atoms with van der Waals surface area (Å²) in [5.41, 5.74) is -0.0574. The zero-order valence-corrected chi connectivity index (χ0v) is 16.9. The minimum Gasteiger partial charge on any atom is -0.468 e. The van der Waals surface area contributed by atoms with Crippen LogP contribution in [-0.2, 0) is 26.1 Å². The molecule has 1 unspecified atom stereocenters. The molecule has 3 amide bonds. The molecule has 1 atom stereocenters. The fraction of sp³-hybridized carbons (Fsp3) is 0.316. The van der Waals surface area contributed by atoms with Crippen molar-refractivity contribution < 1.29 is 32.0 Å². The third-order valence-corrected chi connectivity index (χ3v) is 5.60. The molecule has 160 valence electrons. The number of amides is 3. The first-order valence-electron chi connectivity index (χ1n) is 9.19. The molecule has 1 fully saturated rings. The number of urea groups is 1. The lowest BCUT2D eigenvalue weighted by molar-refractivity contribution is -0.127. The van der Waals surface area contributed by atoms with Gasteiger partial charge in [-0.15, -0.1) is 0 Å². The van der Waals surface area contributed by atoms with Crippen molar-refractivity contribution in [1.82, 2.24) is 15.4 Å². The summed E-state index contributed by atoms with van der Waals surface area (Å²) >= 11 is 0. The minimum absolute atomic E-state index is 0.0515. The van der Waals surface area contributed by atoms with E-state index in [2.05, 4.69) is 15.4 Å². The SMILES string of the molecule is CC(OC(=O)c1cccc(S(=O)(=O)NCc2ccco2)c1)C(=O)NC(=O)NC1CC1. The van der Waals surface area contributed by atoms with E-state index in [1.807, 2.05) is 0 Å². The van der Waals surface area contributed by atoms with E-state index in [9.17, 15) is 22.8 Å². The molecule has 0 radical (unpaired) electrons. The van der Waals surface area contributed by atoms with Crippen molar-refractivity contribution >= 4 is 27.9 Å². The summed E-state index contributed by atoms with van der Waals surface area (Å²) in [6.07, 6.45) is 1.90. The van der Waals surface area contributed by atoms with Crippen molar-refractivity contribution in [2.24, 2.45) is 0 Å². The number of carbonyl (C=O) groups is 3. The van der Waals surface area contributed by atoms with Crippen LogP contribution in [0.5, 0.6) is 0 Å². The molecule has 10 nitrogen and oxygen atoms in total. The average Bonchev–Trinajstić information content (AvgIpc) is 3.36. The van der Waals surface area contributed by atoms with Crippen LogP contribution in [-0.4, -0.2) is 38.5 Å². The Hall–Kier alpha value is -3.18. The number of carbonyl (C=O) groups excluding carboxylic acids is 3. The highest BCUT2D eigenvalue weighted by Gasteiger charge is 2.26. The monoisotopic (exact) mass is 435 g/mol. The van der Waals surface area contributed by atoms with Crippen LogP contribution in [0.4, 0.5) is 4.79 Å². The maximum Gasteiger partial charge on any atom is 0.338 e. The molecule has 0 spiro atoms. The topological polar surface area (TPSA) is 144 Å². The highest BCUT2D eigenvalue weighted by atomic mass is 32.2. The Morgan fingerprint density at radius 2 is 1.97 bits per heavy atom. The van der Waals surface area contributed by atoms with Gasteiger partial charge in [0.2, 0.25) is 10.0 Å². The zero-order valence-electron chi connectivity index (χ0n) is 16.1. The molecule has 1 aliphatic rings. The Morgan fingerprint density at radius 1 is 1.20 bits per heavy atom. The lowest BCUT2D eigenvalue weighted by Crippen LogP contribution is -2.45. The molecular weight excluding hydrogens is 414 g/mol. The van der Waals surface area contributed by atoms with Gasteiger partial charge < -0.3 is 14.5 Å². The Bertz CT molecular complexity index is 1030. The van der Waals surface area contributed by atoms with Crippen LogP contribution in [0.15, 0.2) is 52.0 Å². The summed E-state index contributed by atoms with van der Waals surface area (Å²) in [6.45, 7) is 1.26. The van der Waals surface area contributed by atoms with E-state index >= 15 is 0 Å². The van der Waals surface area contributed by atoms with Crippen molar-refractivity contribution in [2.75, 3.05) is 0 Å². The van der Waals surface area contributed by atoms with Gasteiger partial charge in [-0.05, 0) is 50.1 Å². The summed E-state index contributed by atoms with van der Waals surface area (Å²) in [5, 5.41) is 4.67. The van der Waals surface area contributed by atoms with Crippen LogP contribution < -0.4 is 15.4 Å². The van der Waals surface area contributed by atoms with E-state index in [4.69, 9.17) is 9.15 Å². The van der Waals surface area contributed by atoms with Crippen LogP contribution in [0.2, 0.25) is 0 Å². The zero-order chi connectivity index (χ0) is 21.7. The van der Waals surface area contributed by atoms with Gasteiger partial charge in [-0.3, -0.25) is 10.1 Å². The van der Waals surface area contributed by atoms with Gasteiger partial charge in [-0.25, -0.2) is 22.7 Å². The first-order chi connectivity index (χ1) is 14.2. The number of hydrogen-bond donors (Lipinski definition) is 3. The van der Waals surface area contributed by atoms with Crippen molar-refractivity contribution in [2.45, 2.75) is 43.4 Å². The molecule has 2 aromatic rings. The number of hydrogen-bond acceptors (Lipinski definition) is 7. The van der Waals surface area contributed by atoms with Crippen LogP contribution in [0, 0.1) is 0 Å². The fourth-order valence-electron chi connectivity index (χ4n) is 2.40. The summed E-state index contributed by atoms with van der Waals surface area (Å²) < 4.78 is 37.4. The maximum atomic E-state index is 12.4. The van der Waals surface area contributed by atoms with Crippen LogP contribution in [0.25, 0.3) is 0 Å². The predicted octanol–water partition coefficient (Wildman–Crippen LogP) is 1.29. The molecule has 0 aliphatic heterocycles. The van der Waals surface area contributed by atoms with Gasteiger partial charge in [-0.2, -0.15) is 0 Å². The number of nitrogens with one attached hydrogen (secondary N) is 3. The molecule has 1 aromatic carbocycles. The predicted molar refractivity (Wildman–Crippen MR) is 104 cm³/mol. The van der Waals surface area contributed by atoms with Gasteiger partial charge in [0.25, 0.3) is 5.91 Å². The molecule has 1 heterocycles. The van der Waals surface area contributed by atoms with Gasteiger partial charge >= 0.3 is 12.0 Å². The van der Waals surface area contributed by atoms with Crippen molar-refractivity contribution in [3.05, 3.63) is 54.0 Å². The van der Waals surface area contributed by atoms with Crippen molar-refractivity contribution in [1.29, 1.82) is 0 Å². The normalized spacial score (nSPS) is 14.6. The van der Waals surface area contributed by atoms with E-state index in [0.29, 0.717) is 5.76 Å². The molecule has 3 N–H and O–H groups in total. The molecule has 1 aliphatic carbocycles. The van der Waals surface area contributed by atoms with Crippen LogP contribution >= 0.6 is 0 Å². The highest BCUT2D eigenvalue weighted by molar-refractivity contribution is 7.89. The van der Waals surface area contributed by atoms with Crippen LogP contribution in [0.3, 0.4) is 0 Å². The molecule has 1 saturated carbocycles. The first-order valence-corrected chi connectivity index (χ1v) is 10.7. The van der Waals surface area contributed by atoms with E-state index in [1.165, 1.54) is 31.4 Å². The number of esters is 1. The van der Waals surface area contributed by atoms with Gasteiger partial charge in [-0.1, -0.05) is 6.07 Å². The van der Waals surface area contributed by atoms with Gasteiger partial charge in [0.15, 0.2) is 6.10 Å². The quantitative estimate of drug-likeness (QED) is 0.530. The molecule has 11 heteroatoms. The minimum atomic E-state index is -3.91. The maximum absolute atomic E-state index is 12.4. The number of ether oxygens (including phenoxy) is 1. The molecule has 0 saturated heterocycles. The average molecular weight is 435 g/mol. The summed E-state index contributed by atoms with van der Waals surface area (Å²) in [5.74, 6) is -1.26. The fourth-order valence-corrected chi connectivity index (χ4v) is 3.44. The molecular formula is C19H21N3O7S. The smallest absolute Gasteiger partial charge is 0.338 e. The molecule has 0 bridgehead atoms. The van der Waals surface area contributed by atoms with Gasteiger partial charge in [0, 0.05) is 6.04 Å². The number of furan rings is 1. The Morgan fingerprint density at radius 3 is 2.63 bits per heavy atom. The molecule has 30 heavy (non-hydrogen) atoms. The third-order valence-electron chi connectivity index (χ3n) is 4.20. The second-order valence-corrected chi connectivity index (χ2v) is 8.48. The molecule has 3 rings (SSSR count). The van der Waals surface area contributed by atoms with E-state index in [1.54, 1.807) is 12.1 Å². The third kappa shape index (κ3) is 5.91. The number of sulfonamides is 1. The highest BCUT2D eigenvalue weighted by Crippen LogP contribution is 2.18. The van der Waals surface area contributed by atoms with E-state index < -0.39 is 34.0 Å². The van der Waals surface area contributed by atoms with Crippen molar-refractivity contribution in [3.8, 4) is 0 Å². The second-order valence-electron chi connectivity index (χ2n) is 6.72. The summed E-state index contributed by atoms with van der Waals surface area (Å²) in [4.78, 5) is 35.8. The number of imide groups is 1. The summed E-state index contributed by atoms with van der Waals surface area (Å²) in [7, 11) is -3.91. The Balaban J connectivity index is 1.59. The summed E-state index contributed by atoms with van der Waals surface area (Å²) in [6, 6.07) is 7.87. The standard InChI is InChI=1S/C19H21N3O7S/c1-12(17(23)22-19(25)21-14-7-8-14)29-18(24)13-4-2-6-16(10-13)30(26,27)20-11-15-5-3-9-28-15/h2-6,9-10,12,14,20H,7-8,11H2,1H3,(H2,21,22,23,25). The number of rotatable bonds is 8. The van der Waals surface area contributed by atoms with Gasteiger partial charge in [0.05, 0.1) is 23.3 Å². The Labute approximate surface area is 173 Å². The van der Waals surface area contributed by atoms with Gasteiger partial charge in [0.1, 0.15) is 5.76 Å². The van der Waals surface area contributed by atoms with Crippen LogP contribution in [0.1, 0.15) is 35.9 Å². The lowest BCUT2D eigenvalue weighted by atomic mass is 10.2. The first kappa shape index (κ1) is 21.5. The number of benzene rings is 1. The Kier molecular flexibility index (Phi) is 6.53. The molecule has 1 aromatic heterocycles. The second kappa shape index (κ2) is 9.09. The van der Waals surface area contributed by atoms with E-state index in [0.717, 1.165) is 18.9 Å².